The predicted octanol–water partition coefficient (Wildman–Crippen LogP) is 7.67. The summed E-state index contributed by atoms with van der Waals surface area (Å²) in [6.45, 7) is 1.86. The van der Waals surface area contributed by atoms with Gasteiger partial charge in [-0.1, -0.05) is 90.5 Å². The van der Waals surface area contributed by atoms with E-state index in [0.29, 0.717) is 11.1 Å². The lowest BCUT2D eigenvalue weighted by Gasteiger charge is -2.38. The van der Waals surface area contributed by atoms with E-state index < -0.39 is 11.6 Å². The number of allylic oxidation sites excluding steroid dienone is 2. The molecular weight excluding hydrogens is 500 g/mol. The van der Waals surface area contributed by atoms with Gasteiger partial charge in [-0.25, -0.2) is 0 Å². The van der Waals surface area contributed by atoms with E-state index in [1.807, 2.05) is 19.1 Å². The zero-order valence-electron chi connectivity index (χ0n) is 16.1. The van der Waals surface area contributed by atoms with E-state index in [9.17, 15) is 13.2 Å². The van der Waals surface area contributed by atoms with Crippen LogP contribution < -0.4 is 0 Å². The van der Waals surface area contributed by atoms with Crippen LogP contribution in [0.4, 0.5) is 13.2 Å². The zero-order valence-corrected chi connectivity index (χ0v) is 18.2. The van der Waals surface area contributed by atoms with Gasteiger partial charge in [-0.05, 0) is 41.2 Å². The van der Waals surface area contributed by atoms with Crippen LogP contribution in [-0.2, 0) is 10.2 Å². The van der Waals surface area contributed by atoms with Crippen LogP contribution in [0.3, 0.4) is 0 Å². The van der Waals surface area contributed by atoms with Gasteiger partial charge in [-0.15, -0.1) is 0 Å². The molecule has 0 aliphatic carbocycles. The molecule has 1 aliphatic rings. The third kappa shape index (κ3) is 3.55. The van der Waals surface area contributed by atoms with Gasteiger partial charge >= 0.3 is 6.18 Å². The van der Waals surface area contributed by atoms with Gasteiger partial charge in [0.1, 0.15) is 16.9 Å². The average molecular weight is 518 g/mol. The number of alkyl halides is 3. The van der Waals surface area contributed by atoms with Gasteiger partial charge in [-0.3, -0.25) is 0 Å². The van der Waals surface area contributed by atoms with Crippen molar-refractivity contribution in [1.29, 1.82) is 0 Å². The van der Waals surface area contributed by atoms with Crippen molar-refractivity contribution in [3.05, 3.63) is 117 Å². The molecule has 0 N–H and O–H groups in total. The van der Waals surface area contributed by atoms with Crippen LogP contribution in [0.2, 0.25) is 0 Å². The lowest BCUT2D eigenvalue weighted by molar-refractivity contribution is -0.163. The van der Waals surface area contributed by atoms with Crippen LogP contribution in [0.5, 0.6) is 0 Å². The number of ether oxygens (including phenoxy) is 1. The Kier molecular flexibility index (Phi) is 5.49. The van der Waals surface area contributed by atoms with Gasteiger partial charge in [-0.2, -0.15) is 13.2 Å². The van der Waals surface area contributed by atoms with Crippen molar-refractivity contribution in [3.63, 3.8) is 0 Å². The third-order valence-electron chi connectivity index (χ3n) is 5.15. The number of hydrogen-bond acceptors (Lipinski definition) is 1. The molecule has 0 saturated carbocycles. The standard InChI is InChI=1S/C25H18F3IO/c1-17-12-14-20(15-13-17)24(25(26,27)28)16-21(18-8-4-2-5-9-18)30-22(23(24)29)19-10-6-3-7-11-19/h2-16H,1H3. The Morgan fingerprint density at radius 3 is 1.83 bits per heavy atom. The van der Waals surface area contributed by atoms with Gasteiger partial charge in [0, 0.05) is 11.1 Å². The molecule has 3 aromatic carbocycles. The van der Waals surface area contributed by atoms with Crippen LogP contribution in [0.25, 0.3) is 11.5 Å². The molecule has 0 spiro atoms. The fourth-order valence-electron chi connectivity index (χ4n) is 3.54. The van der Waals surface area contributed by atoms with E-state index in [-0.39, 0.29) is 20.7 Å². The SMILES string of the molecule is Cc1ccc(C2(C(F)(F)F)C=C(c3ccccc3)OC(c3ccccc3)=C2I)cc1. The maximum absolute atomic E-state index is 14.9. The second-order valence-corrected chi connectivity index (χ2v) is 8.24. The van der Waals surface area contributed by atoms with Crippen LogP contribution in [0, 0.1) is 6.92 Å². The molecule has 30 heavy (non-hydrogen) atoms. The molecule has 1 atom stereocenters. The summed E-state index contributed by atoms with van der Waals surface area (Å²) in [5.74, 6) is 0.406. The van der Waals surface area contributed by atoms with Crippen LogP contribution in [-0.4, -0.2) is 6.18 Å². The lowest BCUT2D eigenvalue weighted by atomic mass is 9.76. The Balaban J connectivity index is 2.04. The topological polar surface area (TPSA) is 9.23 Å². The Morgan fingerprint density at radius 2 is 1.30 bits per heavy atom. The Labute approximate surface area is 187 Å². The van der Waals surface area contributed by atoms with E-state index in [0.717, 1.165) is 5.56 Å². The fourth-order valence-corrected chi connectivity index (χ4v) is 4.73. The number of rotatable bonds is 3. The molecule has 0 fully saturated rings. The molecule has 1 unspecified atom stereocenters. The quantitative estimate of drug-likeness (QED) is 0.324. The molecule has 0 radical (unpaired) electrons. The summed E-state index contributed by atoms with van der Waals surface area (Å²) in [5, 5.41) is 0. The van der Waals surface area contributed by atoms with E-state index >= 15 is 0 Å². The maximum Gasteiger partial charge on any atom is 0.406 e. The molecule has 0 saturated heterocycles. The number of aryl methyl sites for hydroxylation is 1. The highest BCUT2D eigenvalue weighted by Crippen LogP contribution is 2.56. The van der Waals surface area contributed by atoms with Gasteiger partial charge in [0.05, 0.1) is 3.58 Å². The molecule has 1 aliphatic heterocycles. The molecule has 0 bridgehead atoms. The van der Waals surface area contributed by atoms with Crippen molar-refractivity contribution in [2.24, 2.45) is 0 Å². The summed E-state index contributed by atoms with van der Waals surface area (Å²) in [6.07, 6.45) is -3.36. The first-order valence-corrected chi connectivity index (χ1v) is 10.5. The minimum atomic E-state index is -4.57. The monoisotopic (exact) mass is 518 g/mol. The second kappa shape index (κ2) is 7.95. The Hall–Kier alpha value is -2.54. The molecule has 1 nitrogen and oxygen atoms in total. The molecule has 0 aromatic heterocycles. The van der Waals surface area contributed by atoms with Crippen molar-refractivity contribution < 1.29 is 17.9 Å². The van der Waals surface area contributed by atoms with Crippen molar-refractivity contribution in [2.45, 2.75) is 18.5 Å². The first-order valence-electron chi connectivity index (χ1n) is 9.38. The van der Waals surface area contributed by atoms with E-state index in [1.54, 1.807) is 95.4 Å². The lowest BCUT2D eigenvalue weighted by Crippen LogP contribution is -2.43. The van der Waals surface area contributed by atoms with E-state index in [2.05, 4.69) is 0 Å². The molecule has 3 aromatic rings. The fraction of sp³-hybridized carbons (Fsp3) is 0.120. The molecule has 152 valence electrons. The van der Waals surface area contributed by atoms with Crippen LogP contribution in [0.1, 0.15) is 22.3 Å². The predicted molar refractivity (Wildman–Crippen MR) is 122 cm³/mol. The minimum absolute atomic E-state index is 0.0855. The van der Waals surface area contributed by atoms with E-state index in [4.69, 9.17) is 4.74 Å². The molecule has 0 amide bonds. The smallest absolute Gasteiger partial charge is 0.406 e. The summed E-state index contributed by atoms with van der Waals surface area (Å²) in [6, 6.07) is 24.3. The third-order valence-corrected chi connectivity index (χ3v) is 6.49. The van der Waals surface area contributed by atoms with Crippen LogP contribution >= 0.6 is 22.6 Å². The summed E-state index contributed by atoms with van der Waals surface area (Å²) < 4.78 is 50.8. The normalized spacial score (nSPS) is 19.3. The minimum Gasteiger partial charge on any atom is -0.456 e. The number of hydrogen-bond donors (Lipinski definition) is 0. The first-order chi connectivity index (χ1) is 14.3. The number of benzene rings is 3. The Bertz CT molecular complexity index is 1100. The molecule has 1 heterocycles. The van der Waals surface area contributed by atoms with Gasteiger partial charge in [0.15, 0.2) is 0 Å². The summed E-state index contributed by atoms with van der Waals surface area (Å²) in [4.78, 5) is 0. The maximum atomic E-state index is 14.9. The first kappa shape index (κ1) is 20.7. The number of halogens is 4. The second-order valence-electron chi connectivity index (χ2n) is 7.16. The summed E-state index contributed by atoms with van der Waals surface area (Å²) in [7, 11) is 0. The molecule has 5 heteroatoms. The Morgan fingerprint density at radius 1 is 0.767 bits per heavy atom. The summed E-state index contributed by atoms with van der Waals surface area (Å²) >= 11 is 1.79. The highest BCUT2D eigenvalue weighted by atomic mass is 127. The summed E-state index contributed by atoms with van der Waals surface area (Å²) in [5.41, 5.74) is -0.0527. The van der Waals surface area contributed by atoms with E-state index in [1.165, 1.54) is 6.08 Å². The van der Waals surface area contributed by atoms with Gasteiger partial charge in [0.25, 0.3) is 0 Å². The van der Waals surface area contributed by atoms with Gasteiger partial charge in [0.2, 0.25) is 0 Å². The zero-order chi connectivity index (χ0) is 21.4. The van der Waals surface area contributed by atoms with Crippen molar-refractivity contribution >= 4 is 34.1 Å². The van der Waals surface area contributed by atoms with Crippen molar-refractivity contribution in [2.75, 3.05) is 0 Å². The molecular formula is C25H18F3IO. The van der Waals surface area contributed by atoms with Crippen molar-refractivity contribution in [3.8, 4) is 0 Å². The highest BCUT2D eigenvalue weighted by Gasteiger charge is 2.59. The van der Waals surface area contributed by atoms with Gasteiger partial charge < -0.3 is 4.74 Å². The van der Waals surface area contributed by atoms with Crippen molar-refractivity contribution in [1.82, 2.24) is 0 Å². The van der Waals surface area contributed by atoms with Crippen LogP contribution in [0.15, 0.2) is 94.6 Å². The average Bonchev–Trinajstić information content (AvgIpc) is 2.75. The molecule has 4 rings (SSSR count). The highest BCUT2D eigenvalue weighted by molar-refractivity contribution is 14.1. The largest absolute Gasteiger partial charge is 0.456 e.